The molecule has 1 unspecified atom stereocenters. The number of rotatable bonds is 5. The molecule has 0 saturated carbocycles. The van der Waals surface area contributed by atoms with E-state index in [0.29, 0.717) is 0 Å². The van der Waals surface area contributed by atoms with Crippen molar-refractivity contribution in [2.75, 3.05) is 19.0 Å². The van der Waals surface area contributed by atoms with Crippen LogP contribution in [0.4, 0.5) is 14.5 Å². The number of hydrogen-bond acceptors (Lipinski definition) is 4. The molecule has 0 aliphatic heterocycles. The van der Waals surface area contributed by atoms with Gasteiger partial charge in [-0.3, -0.25) is 0 Å². The average molecular weight is 259 g/mol. The zero-order chi connectivity index (χ0) is 13.7. The van der Waals surface area contributed by atoms with Gasteiger partial charge >= 0.3 is 5.97 Å². The van der Waals surface area contributed by atoms with Gasteiger partial charge in [0.05, 0.1) is 13.7 Å². The molecular formula is C12H15F2NO3. The Morgan fingerprint density at radius 1 is 1.39 bits per heavy atom. The smallest absolute Gasteiger partial charge is 0.328 e. The third-order valence-corrected chi connectivity index (χ3v) is 2.23. The van der Waals surface area contributed by atoms with Crippen molar-refractivity contribution in [1.82, 2.24) is 0 Å². The second-order valence-electron chi connectivity index (χ2n) is 3.59. The van der Waals surface area contributed by atoms with Crippen molar-refractivity contribution >= 4 is 11.7 Å². The molecule has 0 heterocycles. The van der Waals surface area contributed by atoms with E-state index in [-0.39, 0.29) is 12.3 Å². The number of carbonyl (C=O) groups excluding carboxylic acids is 1. The first kappa shape index (κ1) is 14.2. The van der Waals surface area contributed by atoms with Gasteiger partial charge < -0.3 is 14.8 Å². The Hall–Kier alpha value is -1.85. The molecule has 0 saturated heterocycles. The van der Waals surface area contributed by atoms with Gasteiger partial charge in [-0.1, -0.05) is 0 Å². The van der Waals surface area contributed by atoms with Crippen molar-refractivity contribution in [3.8, 4) is 5.75 Å². The second-order valence-corrected chi connectivity index (χ2v) is 3.59. The van der Waals surface area contributed by atoms with Gasteiger partial charge in [0.1, 0.15) is 6.04 Å². The van der Waals surface area contributed by atoms with Crippen molar-refractivity contribution < 1.29 is 23.0 Å². The minimum absolute atomic E-state index is 0.145. The lowest BCUT2D eigenvalue weighted by Crippen LogP contribution is -2.28. The predicted molar refractivity (Wildman–Crippen MR) is 62.6 cm³/mol. The van der Waals surface area contributed by atoms with E-state index in [4.69, 9.17) is 4.74 Å². The minimum Gasteiger partial charge on any atom is -0.491 e. The lowest BCUT2D eigenvalue weighted by atomic mass is 10.2. The van der Waals surface area contributed by atoms with E-state index in [1.807, 2.05) is 0 Å². The Balaban J connectivity index is 2.83. The van der Waals surface area contributed by atoms with E-state index in [1.54, 1.807) is 6.92 Å². The maximum Gasteiger partial charge on any atom is 0.328 e. The zero-order valence-electron chi connectivity index (χ0n) is 10.4. The summed E-state index contributed by atoms with van der Waals surface area (Å²) in [4.78, 5) is 11.3. The van der Waals surface area contributed by atoms with Gasteiger partial charge in [-0.2, -0.15) is 0 Å². The molecule has 100 valence electrons. The SMILES string of the molecule is CCOC(=O)C(C)Nc1cc(F)c(OC)c(F)c1. The molecule has 1 atom stereocenters. The van der Waals surface area contributed by atoms with Crippen molar-refractivity contribution in [2.24, 2.45) is 0 Å². The summed E-state index contributed by atoms with van der Waals surface area (Å²) in [5, 5.41) is 2.65. The van der Waals surface area contributed by atoms with Crippen LogP contribution in [0.5, 0.6) is 5.75 Å². The van der Waals surface area contributed by atoms with E-state index >= 15 is 0 Å². The first-order valence-corrected chi connectivity index (χ1v) is 5.45. The summed E-state index contributed by atoms with van der Waals surface area (Å²) in [5.41, 5.74) is 0.145. The maximum atomic E-state index is 13.4. The Morgan fingerprint density at radius 2 is 1.94 bits per heavy atom. The van der Waals surface area contributed by atoms with Gasteiger partial charge in [0.25, 0.3) is 0 Å². The molecule has 0 radical (unpaired) electrons. The summed E-state index contributed by atoms with van der Waals surface area (Å²) >= 11 is 0. The summed E-state index contributed by atoms with van der Waals surface area (Å²) in [6, 6.07) is 1.41. The molecule has 18 heavy (non-hydrogen) atoms. The molecule has 6 heteroatoms. The molecule has 1 rings (SSSR count). The maximum absolute atomic E-state index is 13.4. The van der Waals surface area contributed by atoms with Crippen LogP contribution in [-0.4, -0.2) is 25.7 Å². The van der Waals surface area contributed by atoms with Crippen molar-refractivity contribution in [1.29, 1.82) is 0 Å². The number of hydrogen-bond donors (Lipinski definition) is 1. The first-order valence-electron chi connectivity index (χ1n) is 5.45. The number of carbonyl (C=O) groups is 1. The largest absolute Gasteiger partial charge is 0.491 e. The summed E-state index contributed by atoms with van der Waals surface area (Å²) in [6.07, 6.45) is 0. The minimum atomic E-state index is -0.837. The number of benzene rings is 1. The molecule has 0 aromatic heterocycles. The highest BCUT2D eigenvalue weighted by Crippen LogP contribution is 2.25. The molecular weight excluding hydrogens is 244 g/mol. The van der Waals surface area contributed by atoms with Gasteiger partial charge in [0, 0.05) is 17.8 Å². The molecule has 0 fully saturated rings. The first-order chi connectivity index (χ1) is 8.49. The molecule has 1 N–H and O–H groups in total. The summed E-state index contributed by atoms with van der Waals surface area (Å²) in [6.45, 7) is 3.46. The molecule has 0 bridgehead atoms. The number of anilines is 1. The number of methoxy groups -OCH3 is 1. The number of esters is 1. The fraction of sp³-hybridized carbons (Fsp3) is 0.417. The van der Waals surface area contributed by atoms with Crippen LogP contribution in [-0.2, 0) is 9.53 Å². The third kappa shape index (κ3) is 3.32. The van der Waals surface area contributed by atoms with E-state index < -0.39 is 29.4 Å². The molecule has 1 aromatic carbocycles. The van der Waals surface area contributed by atoms with Crippen LogP contribution < -0.4 is 10.1 Å². The lowest BCUT2D eigenvalue weighted by Gasteiger charge is -2.14. The van der Waals surface area contributed by atoms with Crippen LogP contribution in [0.15, 0.2) is 12.1 Å². The fourth-order valence-corrected chi connectivity index (χ4v) is 1.41. The molecule has 0 spiro atoms. The van der Waals surface area contributed by atoms with E-state index in [9.17, 15) is 13.6 Å². The van der Waals surface area contributed by atoms with E-state index in [1.165, 1.54) is 14.0 Å². The Kier molecular flexibility index (Phi) is 4.88. The zero-order valence-corrected chi connectivity index (χ0v) is 10.4. The highest BCUT2D eigenvalue weighted by atomic mass is 19.1. The fourth-order valence-electron chi connectivity index (χ4n) is 1.41. The van der Waals surface area contributed by atoms with Crippen LogP contribution in [0.1, 0.15) is 13.8 Å². The molecule has 0 amide bonds. The Labute approximate surface area is 104 Å². The van der Waals surface area contributed by atoms with Gasteiger partial charge in [-0.15, -0.1) is 0 Å². The van der Waals surface area contributed by atoms with Crippen molar-refractivity contribution in [2.45, 2.75) is 19.9 Å². The van der Waals surface area contributed by atoms with Crippen LogP contribution in [0.2, 0.25) is 0 Å². The van der Waals surface area contributed by atoms with Crippen molar-refractivity contribution in [3.63, 3.8) is 0 Å². The molecule has 0 aliphatic carbocycles. The standard InChI is InChI=1S/C12H15F2NO3/c1-4-18-12(16)7(2)15-8-5-9(13)11(17-3)10(14)6-8/h5-7,15H,4H2,1-3H3. The van der Waals surface area contributed by atoms with Gasteiger partial charge in [0.15, 0.2) is 17.4 Å². The van der Waals surface area contributed by atoms with Crippen LogP contribution in [0.3, 0.4) is 0 Å². The lowest BCUT2D eigenvalue weighted by molar-refractivity contribution is -0.143. The predicted octanol–water partition coefficient (Wildman–Crippen LogP) is 2.34. The van der Waals surface area contributed by atoms with E-state index in [2.05, 4.69) is 10.1 Å². The monoisotopic (exact) mass is 259 g/mol. The highest BCUT2D eigenvalue weighted by molar-refractivity contribution is 5.78. The molecule has 4 nitrogen and oxygen atoms in total. The van der Waals surface area contributed by atoms with Gasteiger partial charge in [-0.05, 0) is 13.8 Å². The van der Waals surface area contributed by atoms with E-state index in [0.717, 1.165) is 12.1 Å². The van der Waals surface area contributed by atoms with Gasteiger partial charge in [-0.25, -0.2) is 13.6 Å². The number of halogens is 2. The Morgan fingerprint density at radius 3 is 2.39 bits per heavy atom. The number of nitrogens with one attached hydrogen (secondary N) is 1. The normalized spacial score (nSPS) is 11.8. The topological polar surface area (TPSA) is 47.6 Å². The summed E-state index contributed by atoms with van der Waals surface area (Å²) in [7, 11) is 1.18. The third-order valence-electron chi connectivity index (χ3n) is 2.23. The van der Waals surface area contributed by atoms with Gasteiger partial charge in [0.2, 0.25) is 0 Å². The highest BCUT2D eigenvalue weighted by Gasteiger charge is 2.16. The van der Waals surface area contributed by atoms with Crippen molar-refractivity contribution in [3.05, 3.63) is 23.8 Å². The van der Waals surface area contributed by atoms with Crippen LogP contribution in [0.25, 0.3) is 0 Å². The summed E-state index contributed by atoms with van der Waals surface area (Å²) in [5.74, 6) is -2.62. The second kappa shape index (κ2) is 6.18. The molecule has 1 aromatic rings. The summed E-state index contributed by atoms with van der Waals surface area (Å²) < 4.78 is 36.1. The van der Waals surface area contributed by atoms with Crippen LogP contribution >= 0.6 is 0 Å². The Bertz CT molecular complexity index is 414. The quantitative estimate of drug-likeness (QED) is 0.824. The average Bonchev–Trinajstić information content (AvgIpc) is 2.28. The van der Waals surface area contributed by atoms with Crippen LogP contribution in [0, 0.1) is 11.6 Å². The number of ether oxygens (including phenoxy) is 2. The molecule has 0 aliphatic rings.